The molecular formula is C14H27NO2. The number of likely N-dealkylation sites (tertiary alicyclic amines) is 1. The van der Waals surface area contributed by atoms with Crippen molar-refractivity contribution in [2.75, 3.05) is 26.7 Å². The van der Waals surface area contributed by atoms with Gasteiger partial charge in [0, 0.05) is 25.6 Å². The molecule has 0 aromatic rings. The molecule has 1 rings (SSSR count). The second-order valence-electron chi connectivity index (χ2n) is 5.66. The first-order valence-electron chi connectivity index (χ1n) is 6.77. The third kappa shape index (κ3) is 3.52. The molecule has 1 atom stereocenters. The SMILES string of the molecule is CCC(C=O)(CC)CN1CCCC(C)(OC)C1. The highest BCUT2D eigenvalue weighted by Gasteiger charge is 2.35. The van der Waals surface area contributed by atoms with Crippen molar-refractivity contribution >= 4 is 6.29 Å². The van der Waals surface area contributed by atoms with Gasteiger partial charge in [-0.05, 0) is 39.2 Å². The van der Waals surface area contributed by atoms with Gasteiger partial charge in [0.05, 0.1) is 5.60 Å². The van der Waals surface area contributed by atoms with Gasteiger partial charge in [-0.3, -0.25) is 4.90 Å². The molecule has 0 aromatic carbocycles. The Morgan fingerprint density at radius 3 is 2.53 bits per heavy atom. The summed E-state index contributed by atoms with van der Waals surface area (Å²) >= 11 is 0. The first kappa shape index (κ1) is 14.7. The van der Waals surface area contributed by atoms with Crippen LogP contribution in [0.2, 0.25) is 0 Å². The minimum atomic E-state index is -0.161. The molecule has 1 unspecified atom stereocenters. The topological polar surface area (TPSA) is 29.5 Å². The molecule has 17 heavy (non-hydrogen) atoms. The lowest BCUT2D eigenvalue weighted by Gasteiger charge is -2.42. The van der Waals surface area contributed by atoms with Gasteiger partial charge in [0.15, 0.2) is 0 Å². The highest BCUT2D eigenvalue weighted by molar-refractivity contribution is 5.59. The van der Waals surface area contributed by atoms with Gasteiger partial charge < -0.3 is 9.53 Å². The highest BCUT2D eigenvalue weighted by atomic mass is 16.5. The molecule has 0 saturated carbocycles. The summed E-state index contributed by atoms with van der Waals surface area (Å²) in [5.41, 5.74) is -0.194. The van der Waals surface area contributed by atoms with Gasteiger partial charge in [0.2, 0.25) is 0 Å². The first-order valence-corrected chi connectivity index (χ1v) is 6.77. The van der Waals surface area contributed by atoms with Crippen LogP contribution in [0.4, 0.5) is 0 Å². The quantitative estimate of drug-likeness (QED) is 0.669. The maximum absolute atomic E-state index is 11.3. The van der Waals surface area contributed by atoms with Crippen LogP contribution in [0.15, 0.2) is 0 Å². The average Bonchev–Trinajstić information content (AvgIpc) is 2.36. The fraction of sp³-hybridized carbons (Fsp3) is 0.929. The zero-order valence-corrected chi connectivity index (χ0v) is 11.8. The van der Waals surface area contributed by atoms with Crippen LogP contribution in [0.1, 0.15) is 46.5 Å². The summed E-state index contributed by atoms with van der Waals surface area (Å²) in [6.45, 7) is 9.30. The molecule has 3 heteroatoms. The van der Waals surface area contributed by atoms with E-state index in [1.165, 1.54) is 0 Å². The van der Waals surface area contributed by atoms with Gasteiger partial charge in [-0.1, -0.05) is 13.8 Å². The monoisotopic (exact) mass is 241 g/mol. The van der Waals surface area contributed by atoms with Crippen molar-refractivity contribution in [1.29, 1.82) is 0 Å². The second-order valence-corrected chi connectivity index (χ2v) is 5.66. The van der Waals surface area contributed by atoms with Crippen LogP contribution < -0.4 is 0 Å². The van der Waals surface area contributed by atoms with E-state index in [1.54, 1.807) is 7.11 Å². The Morgan fingerprint density at radius 1 is 1.41 bits per heavy atom. The Labute approximate surface area is 106 Å². The molecule has 0 spiro atoms. The smallest absolute Gasteiger partial charge is 0.127 e. The maximum Gasteiger partial charge on any atom is 0.127 e. The third-order valence-corrected chi connectivity index (χ3v) is 4.43. The standard InChI is InChI=1S/C14H27NO2/c1-5-14(6-2,12-16)11-15-9-7-8-13(3,10-15)17-4/h12H,5-11H2,1-4H3. The van der Waals surface area contributed by atoms with E-state index < -0.39 is 0 Å². The molecule has 1 saturated heterocycles. The van der Waals surface area contributed by atoms with E-state index in [0.717, 1.165) is 51.6 Å². The lowest BCUT2D eigenvalue weighted by atomic mass is 9.82. The zero-order valence-electron chi connectivity index (χ0n) is 11.8. The predicted molar refractivity (Wildman–Crippen MR) is 70.2 cm³/mol. The van der Waals surface area contributed by atoms with Gasteiger partial charge >= 0.3 is 0 Å². The van der Waals surface area contributed by atoms with Crippen LogP contribution in [0, 0.1) is 5.41 Å². The van der Waals surface area contributed by atoms with Gasteiger partial charge in [0.1, 0.15) is 6.29 Å². The van der Waals surface area contributed by atoms with Crippen molar-refractivity contribution in [2.24, 2.45) is 5.41 Å². The van der Waals surface area contributed by atoms with E-state index in [2.05, 4.69) is 25.7 Å². The van der Waals surface area contributed by atoms with E-state index in [0.29, 0.717) is 0 Å². The summed E-state index contributed by atoms with van der Waals surface area (Å²) in [5, 5.41) is 0. The first-order chi connectivity index (χ1) is 8.03. The number of methoxy groups -OCH3 is 1. The van der Waals surface area contributed by atoms with E-state index >= 15 is 0 Å². The van der Waals surface area contributed by atoms with Crippen molar-refractivity contribution in [3.8, 4) is 0 Å². The van der Waals surface area contributed by atoms with Gasteiger partial charge in [0.25, 0.3) is 0 Å². The van der Waals surface area contributed by atoms with Crippen LogP contribution in [-0.2, 0) is 9.53 Å². The molecule has 0 amide bonds. The number of rotatable bonds is 6. The van der Waals surface area contributed by atoms with Gasteiger partial charge in [-0.2, -0.15) is 0 Å². The summed E-state index contributed by atoms with van der Waals surface area (Å²) in [6, 6.07) is 0. The Bertz CT molecular complexity index is 251. The fourth-order valence-electron chi connectivity index (χ4n) is 2.73. The number of nitrogens with zero attached hydrogens (tertiary/aromatic N) is 1. The van der Waals surface area contributed by atoms with Crippen molar-refractivity contribution in [1.82, 2.24) is 4.90 Å². The Kier molecular flexibility index (Phi) is 5.14. The molecule has 1 aliphatic rings. The molecule has 1 heterocycles. The van der Waals surface area contributed by atoms with Crippen LogP contribution >= 0.6 is 0 Å². The number of hydrogen-bond acceptors (Lipinski definition) is 3. The van der Waals surface area contributed by atoms with E-state index in [4.69, 9.17) is 4.74 Å². The van der Waals surface area contributed by atoms with Crippen molar-refractivity contribution in [3.63, 3.8) is 0 Å². The Morgan fingerprint density at radius 2 is 2.06 bits per heavy atom. The lowest BCUT2D eigenvalue weighted by molar-refractivity contribution is -0.119. The number of ether oxygens (including phenoxy) is 1. The molecule has 0 N–H and O–H groups in total. The summed E-state index contributed by atoms with van der Waals surface area (Å²) in [4.78, 5) is 13.7. The molecule has 1 aliphatic heterocycles. The molecule has 0 aromatic heterocycles. The third-order valence-electron chi connectivity index (χ3n) is 4.43. The maximum atomic E-state index is 11.3. The van der Waals surface area contributed by atoms with Crippen LogP contribution in [0.3, 0.4) is 0 Å². The summed E-state index contributed by atoms with van der Waals surface area (Å²) < 4.78 is 5.59. The van der Waals surface area contributed by atoms with E-state index in [-0.39, 0.29) is 11.0 Å². The molecule has 0 radical (unpaired) electrons. The van der Waals surface area contributed by atoms with Crippen molar-refractivity contribution < 1.29 is 9.53 Å². The molecule has 3 nitrogen and oxygen atoms in total. The summed E-state index contributed by atoms with van der Waals surface area (Å²) in [5.74, 6) is 0. The minimum absolute atomic E-state index is 0.0334. The normalized spacial score (nSPS) is 27.1. The van der Waals surface area contributed by atoms with E-state index in [9.17, 15) is 4.79 Å². The van der Waals surface area contributed by atoms with E-state index in [1.807, 2.05) is 0 Å². The molecule has 100 valence electrons. The zero-order chi connectivity index (χ0) is 12.9. The summed E-state index contributed by atoms with van der Waals surface area (Å²) in [6.07, 6.45) is 5.28. The summed E-state index contributed by atoms with van der Waals surface area (Å²) in [7, 11) is 1.79. The largest absolute Gasteiger partial charge is 0.377 e. The van der Waals surface area contributed by atoms with Gasteiger partial charge in [-0.25, -0.2) is 0 Å². The van der Waals surface area contributed by atoms with Crippen molar-refractivity contribution in [2.45, 2.75) is 52.1 Å². The van der Waals surface area contributed by atoms with Gasteiger partial charge in [-0.15, -0.1) is 0 Å². The molecule has 1 fully saturated rings. The van der Waals surface area contributed by atoms with Crippen LogP contribution in [0.5, 0.6) is 0 Å². The number of carbonyl (C=O) groups is 1. The number of hydrogen-bond donors (Lipinski definition) is 0. The number of aldehydes is 1. The highest BCUT2D eigenvalue weighted by Crippen LogP contribution is 2.29. The molecule has 0 bridgehead atoms. The Hall–Kier alpha value is -0.410. The lowest BCUT2D eigenvalue weighted by Crippen LogP contribution is -2.50. The predicted octanol–water partition coefficient (Wildman–Crippen LogP) is 2.49. The van der Waals surface area contributed by atoms with Crippen LogP contribution in [0.25, 0.3) is 0 Å². The minimum Gasteiger partial charge on any atom is -0.377 e. The average molecular weight is 241 g/mol. The Balaban J connectivity index is 2.64. The number of piperidine rings is 1. The van der Waals surface area contributed by atoms with Crippen molar-refractivity contribution in [3.05, 3.63) is 0 Å². The second kappa shape index (κ2) is 5.96. The molecule has 0 aliphatic carbocycles. The number of carbonyl (C=O) groups excluding carboxylic acids is 1. The fourth-order valence-corrected chi connectivity index (χ4v) is 2.73. The molecular weight excluding hydrogens is 214 g/mol. The van der Waals surface area contributed by atoms with Crippen LogP contribution in [-0.4, -0.2) is 43.5 Å².